The second-order valence-corrected chi connectivity index (χ2v) is 7.71. The molecule has 0 unspecified atom stereocenters. The molecule has 1 aromatic carbocycles. The van der Waals surface area contributed by atoms with Crippen molar-refractivity contribution in [2.75, 3.05) is 19.6 Å². The van der Waals surface area contributed by atoms with Gasteiger partial charge in [0, 0.05) is 36.1 Å². The predicted molar refractivity (Wildman–Crippen MR) is 104 cm³/mol. The summed E-state index contributed by atoms with van der Waals surface area (Å²) in [5, 5.41) is 5.73. The second kappa shape index (κ2) is 9.71. The van der Waals surface area contributed by atoms with Crippen LogP contribution in [0.4, 0.5) is 0 Å². The molecular formula is C19H26BrN3O3. The average Bonchev–Trinajstić information content (AvgIpc) is 3.00. The Morgan fingerprint density at radius 1 is 1.23 bits per heavy atom. The highest BCUT2D eigenvalue weighted by Crippen LogP contribution is 2.19. The van der Waals surface area contributed by atoms with E-state index in [4.69, 9.17) is 0 Å². The first-order valence-corrected chi connectivity index (χ1v) is 9.80. The third kappa shape index (κ3) is 5.56. The summed E-state index contributed by atoms with van der Waals surface area (Å²) in [7, 11) is 0. The molecule has 2 rings (SSSR count). The molecule has 0 radical (unpaired) electrons. The summed E-state index contributed by atoms with van der Waals surface area (Å²) in [6.45, 7) is 5.49. The molecule has 7 heteroatoms. The van der Waals surface area contributed by atoms with Gasteiger partial charge in [-0.05, 0) is 37.0 Å². The number of halogens is 1. The maximum Gasteiger partial charge on any atom is 0.251 e. The summed E-state index contributed by atoms with van der Waals surface area (Å²) in [6.07, 6.45) is 1.97. The second-order valence-electron chi connectivity index (χ2n) is 6.79. The number of nitrogens with zero attached hydrogens (tertiary/aromatic N) is 1. The van der Waals surface area contributed by atoms with Crippen molar-refractivity contribution in [3.63, 3.8) is 0 Å². The Labute approximate surface area is 162 Å². The first kappa shape index (κ1) is 20.4. The van der Waals surface area contributed by atoms with E-state index in [0.29, 0.717) is 38.0 Å². The van der Waals surface area contributed by atoms with Crippen molar-refractivity contribution in [3.05, 3.63) is 34.3 Å². The average molecular weight is 424 g/mol. The van der Waals surface area contributed by atoms with Gasteiger partial charge in [0.05, 0.1) is 0 Å². The summed E-state index contributed by atoms with van der Waals surface area (Å²) >= 11 is 3.34. The predicted octanol–water partition coefficient (Wildman–Crippen LogP) is 2.33. The Balaban J connectivity index is 1.73. The molecule has 1 heterocycles. The van der Waals surface area contributed by atoms with Gasteiger partial charge in [-0.3, -0.25) is 14.4 Å². The van der Waals surface area contributed by atoms with Gasteiger partial charge >= 0.3 is 0 Å². The Morgan fingerprint density at radius 3 is 2.58 bits per heavy atom. The van der Waals surface area contributed by atoms with E-state index in [1.54, 1.807) is 17.0 Å². The summed E-state index contributed by atoms with van der Waals surface area (Å²) in [5.41, 5.74) is 0.593. The van der Waals surface area contributed by atoms with Crippen LogP contribution in [-0.4, -0.2) is 48.3 Å². The lowest BCUT2D eigenvalue weighted by Crippen LogP contribution is -2.50. The molecule has 1 aliphatic heterocycles. The van der Waals surface area contributed by atoms with E-state index in [2.05, 4.69) is 26.6 Å². The minimum atomic E-state index is -0.415. The van der Waals surface area contributed by atoms with Crippen LogP contribution in [0.1, 0.15) is 43.5 Å². The first-order valence-electron chi connectivity index (χ1n) is 9.01. The van der Waals surface area contributed by atoms with Gasteiger partial charge in [-0.2, -0.15) is 0 Å². The van der Waals surface area contributed by atoms with Crippen molar-refractivity contribution in [3.8, 4) is 0 Å². The van der Waals surface area contributed by atoms with Crippen molar-refractivity contribution < 1.29 is 14.4 Å². The van der Waals surface area contributed by atoms with Gasteiger partial charge in [-0.15, -0.1) is 0 Å². The fourth-order valence-corrected chi connectivity index (χ4v) is 3.50. The summed E-state index contributed by atoms with van der Waals surface area (Å²) in [6, 6.07) is 6.77. The maximum atomic E-state index is 12.5. The molecule has 1 fully saturated rings. The minimum Gasteiger partial charge on any atom is -0.354 e. The third-order valence-corrected chi connectivity index (χ3v) is 4.86. The molecule has 6 nitrogen and oxygen atoms in total. The van der Waals surface area contributed by atoms with Crippen LogP contribution in [0.25, 0.3) is 0 Å². The number of rotatable bonds is 8. The SMILES string of the molecule is CC(C)[C@H](C(=O)NCCCNC(=O)c1cccc(Br)c1)N1CCCC1=O. The van der Waals surface area contributed by atoms with E-state index in [9.17, 15) is 14.4 Å². The first-order chi connectivity index (χ1) is 12.4. The third-order valence-electron chi connectivity index (χ3n) is 4.37. The standard InChI is InChI=1S/C19H26BrN3O3/c1-13(2)17(23-11-4-8-16(23)24)19(26)22-10-5-9-21-18(25)14-6-3-7-15(20)12-14/h3,6-7,12-13,17H,4-5,8-11H2,1-2H3,(H,21,25)(H,22,26)/t17-/m1/s1. The van der Waals surface area contributed by atoms with Gasteiger partial charge in [0.1, 0.15) is 6.04 Å². The van der Waals surface area contributed by atoms with E-state index in [0.717, 1.165) is 10.9 Å². The molecule has 2 N–H and O–H groups in total. The molecule has 0 aromatic heterocycles. The van der Waals surface area contributed by atoms with Crippen LogP contribution < -0.4 is 10.6 Å². The Bertz CT molecular complexity index is 663. The Morgan fingerprint density at radius 2 is 1.96 bits per heavy atom. The lowest BCUT2D eigenvalue weighted by Gasteiger charge is -2.29. The van der Waals surface area contributed by atoms with Crippen LogP contribution in [0, 0.1) is 5.92 Å². The monoisotopic (exact) mass is 423 g/mol. The number of benzene rings is 1. The highest BCUT2D eigenvalue weighted by atomic mass is 79.9. The van der Waals surface area contributed by atoms with Gasteiger partial charge in [0.25, 0.3) is 5.91 Å². The van der Waals surface area contributed by atoms with E-state index in [-0.39, 0.29) is 23.6 Å². The van der Waals surface area contributed by atoms with Crippen molar-refractivity contribution in [1.82, 2.24) is 15.5 Å². The zero-order valence-corrected chi connectivity index (χ0v) is 16.8. The molecule has 0 bridgehead atoms. The number of carbonyl (C=O) groups excluding carboxylic acids is 3. The fourth-order valence-electron chi connectivity index (χ4n) is 3.11. The fraction of sp³-hybridized carbons (Fsp3) is 0.526. The maximum absolute atomic E-state index is 12.5. The molecule has 26 heavy (non-hydrogen) atoms. The number of nitrogens with one attached hydrogen (secondary N) is 2. The van der Waals surface area contributed by atoms with Crippen molar-refractivity contribution in [2.24, 2.45) is 5.92 Å². The van der Waals surface area contributed by atoms with Gasteiger partial charge in [-0.1, -0.05) is 35.8 Å². The van der Waals surface area contributed by atoms with E-state index >= 15 is 0 Å². The zero-order valence-electron chi connectivity index (χ0n) is 15.3. The van der Waals surface area contributed by atoms with Crippen LogP contribution in [0.15, 0.2) is 28.7 Å². The zero-order chi connectivity index (χ0) is 19.1. The van der Waals surface area contributed by atoms with Gasteiger partial charge in [0.2, 0.25) is 11.8 Å². The Kier molecular flexibility index (Phi) is 7.63. The molecule has 1 saturated heterocycles. The van der Waals surface area contributed by atoms with Crippen molar-refractivity contribution >= 4 is 33.7 Å². The normalized spacial score (nSPS) is 15.2. The summed E-state index contributed by atoms with van der Waals surface area (Å²) in [5.74, 6) is -0.137. The lowest BCUT2D eigenvalue weighted by molar-refractivity contribution is -0.139. The summed E-state index contributed by atoms with van der Waals surface area (Å²) in [4.78, 5) is 38.1. The molecule has 0 saturated carbocycles. The van der Waals surface area contributed by atoms with E-state index in [1.807, 2.05) is 26.0 Å². The molecule has 1 aromatic rings. The number of likely N-dealkylation sites (tertiary alicyclic amines) is 1. The molecule has 1 aliphatic rings. The molecular weight excluding hydrogens is 398 g/mol. The molecule has 0 spiro atoms. The largest absolute Gasteiger partial charge is 0.354 e. The van der Waals surface area contributed by atoms with Crippen molar-refractivity contribution in [1.29, 1.82) is 0 Å². The number of hydrogen-bond donors (Lipinski definition) is 2. The van der Waals surface area contributed by atoms with Crippen LogP contribution >= 0.6 is 15.9 Å². The van der Waals surface area contributed by atoms with Crippen LogP contribution in [-0.2, 0) is 9.59 Å². The summed E-state index contributed by atoms with van der Waals surface area (Å²) < 4.78 is 0.855. The molecule has 3 amide bonds. The van der Waals surface area contributed by atoms with Gasteiger partial charge in [-0.25, -0.2) is 0 Å². The van der Waals surface area contributed by atoms with Gasteiger partial charge in [0.15, 0.2) is 0 Å². The highest BCUT2D eigenvalue weighted by Gasteiger charge is 2.34. The number of amides is 3. The highest BCUT2D eigenvalue weighted by molar-refractivity contribution is 9.10. The molecule has 0 aliphatic carbocycles. The molecule has 1 atom stereocenters. The number of hydrogen-bond acceptors (Lipinski definition) is 3. The van der Waals surface area contributed by atoms with Crippen LogP contribution in [0.2, 0.25) is 0 Å². The van der Waals surface area contributed by atoms with E-state index in [1.165, 1.54) is 0 Å². The number of carbonyl (C=O) groups is 3. The Hall–Kier alpha value is -1.89. The lowest BCUT2D eigenvalue weighted by atomic mass is 10.0. The van der Waals surface area contributed by atoms with E-state index < -0.39 is 6.04 Å². The van der Waals surface area contributed by atoms with Crippen LogP contribution in [0.3, 0.4) is 0 Å². The quantitative estimate of drug-likeness (QED) is 0.629. The smallest absolute Gasteiger partial charge is 0.251 e. The molecule has 142 valence electrons. The topological polar surface area (TPSA) is 78.5 Å². The van der Waals surface area contributed by atoms with Gasteiger partial charge < -0.3 is 15.5 Å². The minimum absolute atomic E-state index is 0.0557. The van der Waals surface area contributed by atoms with Crippen molar-refractivity contribution in [2.45, 2.75) is 39.2 Å². The van der Waals surface area contributed by atoms with Crippen LogP contribution in [0.5, 0.6) is 0 Å².